The van der Waals surface area contributed by atoms with Crippen molar-refractivity contribution in [2.75, 3.05) is 14.2 Å². The van der Waals surface area contributed by atoms with Crippen LogP contribution in [0.5, 0.6) is 11.5 Å². The molecule has 0 saturated carbocycles. The van der Waals surface area contributed by atoms with Gasteiger partial charge in [0.1, 0.15) is 0 Å². The van der Waals surface area contributed by atoms with E-state index < -0.39 is 16.2 Å². The van der Waals surface area contributed by atoms with E-state index in [0.717, 1.165) is 5.56 Å². The molecule has 0 saturated heterocycles. The molecule has 158 valence electrons. The van der Waals surface area contributed by atoms with Gasteiger partial charge in [-0.05, 0) is 24.3 Å². The molecule has 0 bridgehead atoms. The van der Waals surface area contributed by atoms with Crippen LogP contribution in [0.4, 0.5) is 0 Å². The van der Waals surface area contributed by atoms with Crippen molar-refractivity contribution in [3.05, 3.63) is 66.2 Å². The lowest BCUT2D eigenvalue weighted by molar-refractivity contribution is -2.00. The van der Waals surface area contributed by atoms with Crippen LogP contribution in [-0.2, 0) is 0 Å². The van der Waals surface area contributed by atoms with Crippen molar-refractivity contribution in [3.63, 3.8) is 0 Å². The lowest BCUT2D eigenvalue weighted by atomic mass is 10.1. The van der Waals surface area contributed by atoms with Gasteiger partial charge in [0, 0.05) is 6.07 Å². The zero-order valence-corrected chi connectivity index (χ0v) is 16.6. The first-order valence-electron chi connectivity index (χ1n) is 8.23. The Hall–Kier alpha value is -3.21. The third-order valence-electron chi connectivity index (χ3n) is 3.77. The molecule has 30 heavy (non-hydrogen) atoms. The molecule has 0 spiro atoms. The number of halogens is 1. The fourth-order valence-electron chi connectivity index (χ4n) is 2.50. The minimum atomic E-state index is -4.94. The second kappa shape index (κ2) is 10.0. The molecule has 0 amide bonds. The standard InChI is InChI=1S/C20H16O5.ClHO4/c1-23-16-9-8-14(10-19(16)24-2)18-12-15(20(21)22)11-17(25-18)13-6-4-3-5-7-13;2-1(3,4)5/h3-12H,1-2H3;(H,2,3,4,5). The van der Waals surface area contributed by atoms with Crippen LogP contribution in [0, 0.1) is 10.2 Å². The molecule has 0 aliphatic rings. The van der Waals surface area contributed by atoms with E-state index in [2.05, 4.69) is 0 Å². The summed E-state index contributed by atoms with van der Waals surface area (Å²) in [7, 11) is -1.84. The number of carbonyl (C=O) groups is 1. The molecule has 1 aromatic heterocycles. The molecule has 1 N–H and O–H groups in total. The molecule has 0 aliphatic carbocycles. The van der Waals surface area contributed by atoms with Gasteiger partial charge in [0.15, 0.2) is 11.5 Å². The first kappa shape index (κ1) is 23.1. The number of carboxylic acid groups (broad SMARTS) is 1. The Kier molecular flexibility index (Phi) is 7.70. The van der Waals surface area contributed by atoms with Crippen LogP contribution in [0.3, 0.4) is 0 Å². The minimum absolute atomic E-state index is 0.148. The Bertz CT molecular complexity index is 995. The van der Waals surface area contributed by atoms with Gasteiger partial charge in [-0.3, -0.25) is 0 Å². The molecule has 0 atom stereocenters. The molecule has 2 aromatic carbocycles. The van der Waals surface area contributed by atoms with Crippen molar-refractivity contribution in [2.45, 2.75) is 0 Å². The fraction of sp³-hybridized carbons (Fsp3) is 0.100. The van der Waals surface area contributed by atoms with Gasteiger partial charge in [-0.15, -0.1) is 10.2 Å². The lowest BCUT2D eigenvalue weighted by Crippen LogP contribution is -2.68. The van der Waals surface area contributed by atoms with Crippen molar-refractivity contribution >= 4 is 5.97 Å². The summed E-state index contributed by atoms with van der Waals surface area (Å²) in [6, 6.07) is 17.7. The van der Waals surface area contributed by atoms with Crippen LogP contribution in [-0.4, -0.2) is 25.3 Å². The van der Waals surface area contributed by atoms with Gasteiger partial charge in [-0.25, -0.2) is 27.8 Å². The highest BCUT2D eigenvalue weighted by atomic mass is 35.7. The number of hydrogen-bond donors (Lipinski definition) is 1. The number of methoxy groups -OCH3 is 2. The molecule has 10 heteroatoms. The van der Waals surface area contributed by atoms with E-state index in [0.29, 0.717) is 28.6 Å². The van der Waals surface area contributed by atoms with E-state index >= 15 is 0 Å². The summed E-state index contributed by atoms with van der Waals surface area (Å²) in [6.07, 6.45) is 0. The molecule has 0 radical (unpaired) electrons. The van der Waals surface area contributed by atoms with E-state index in [-0.39, 0.29) is 5.56 Å². The molecule has 0 aliphatic heterocycles. The van der Waals surface area contributed by atoms with Gasteiger partial charge in [0.25, 0.3) is 0 Å². The second-order valence-electron chi connectivity index (χ2n) is 5.69. The van der Waals surface area contributed by atoms with Crippen LogP contribution in [0.25, 0.3) is 22.6 Å². The quantitative estimate of drug-likeness (QED) is 0.536. The maximum atomic E-state index is 11.5. The van der Waals surface area contributed by atoms with E-state index in [1.165, 1.54) is 12.1 Å². The van der Waals surface area contributed by atoms with Crippen LogP contribution in [0.1, 0.15) is 10.4 Å². The van der Waals surface area contributed by atoms with Gasteiger partial charge in [-0.2, -0.15) is 0 Å². The van der Waals surface area contributed by atoms with Crippen molar-refractivity contribution in [2.24, 2.45) is 0 Å². The van der Waals surface area contributed by atoms with E-state index in [4.69, 9.17) is 32.5 Å². The normalized spacial score (nSPS) is 10.6. The summed E-state index contributed by atoms with van der Waals surface area (Å²) >= 11 is 0. The van der Waals surface area contributed by atoms with Gasteiger partial charge in [0.05, 0.1) is 43.0 Å². The molecule has 0 unspecified atom stereocenters. The average molecular weight is 437 g/mol. The number of benzene rings is 2. The molecule has 9 nitrogen and oxygen atoms in total. The predicted molar refractivity (Wildman–Crippen MR) is 94.1 cm³/mol. The Balaban J connectivity index is 0.000000575. The summed E-state index contributed by atoms with van der Waals surface area (Å²) in [6.45, 7) is 0. The highest BCUT2D eigenvalue weighted by Crippen LogP contribution is 2.34. The third kappa shape index (κ3) is 6.69. The van der Waals surface area contributed by atoms with Gasteiger partial charge in [0.2, 0.25) is 0 Å². The Morgan fingerprint density at radius 2 is 1.37 bits per heavy atom. The molecular formula is C20H17ClO9. The van der Waals surface area contributed by atoms with E-state index in [1.54, 1.807) is 32.4 Å². The van der Waals surface area contributed by atoms with Crippen molar-refractivity contribution in [3.8, 4) is 34.1 Å². The summed E-state index contributed by atoms with van der Waals surface area (Å²) in [5.41, 5.74) is 1.64. The molecule has 3 aromatic rings. The maximum Gasteiger partial charge on any atom is 0.361 e. The summed E-state index contributed by atoms with van der Waals surface area (Å²) in [4.78, 5) is 11.5. The Labute approximate surface area is 173 Å². The van der Waals surface area contributed by atoms with Gasteiger partial charge >= 0.3 is 17.5 Å². The smallest absolute Gasteiger partial charge is 0.361 e. The molecule has 3 rings (SSSR count). The van der Waals surface area contributed by atoms with Crippen molar-refractivity contribution in [1.29, 1.82) is 0 Å². The molecule has 0 fully saturated rings. The fourth-order valence-corrected chi connectivity index (χ4v) is 2.50. The summed E-state index contributed by atoms with van der Waals surface area (Å²) in [5.74, 6) is 1.01. The van der Waals surface area contributed by atoms with E-state index in [1.807, 2.05) is 30.3 Å². The molecular weight excluding hydrogens is 420 g/mol. The number of carboxylic acids is 1. The predicted octanol–water partition coefficient (Wildman–Crippen LogP) is -0.146. The Morgan fingerprint density at radius 1 is 0.833 bits per heavy atom. The number of ether oxygens (including phenoxy) is 2. The monoisotopic (exact) mass is 436 g/mol. The highest BCUT2D eigenvalue weighted by molar-refractivity contribution is 5.90. The van der Waals surface area contributed by atoms with Crippen LogP contribution >= 0.6 is 0 Å². The highest BCUT2D eigenvalue weighted by Gasteiger charge is 2.23. The van der Waals surface area contributed by atoms with Crippen molar-refractivity contribution < 1.29 is 52.7 Å². The zero-order chi connectivity index (χ0) is 22.3. The van der Waals surface area contributed by atoms with Crippen LogP contribution in [0.15, 0.2) is 65.1 Å². The number of rotatable bonds is 5. The molecule has 1 heterocycles. The maximum absolute atomic E-state index is 11.5. The van der Waals surface area contributed by atoms with Crippen LogP contribution in [0.2, 0.25) is 0 Å². The minimum Gasteiger partial charge on any atom is -0.493 e. The summed E-state index contributed by atoms with van der Waals surface area (Å²) in [5, 5.41) is 9.42. The topological polar surface area (TPSA) is 159 Å². The third-order valence-corrected chi connectivity index (χ3v) is 3.77. The van der Waals surface area contributed by atoms with Crippen molar-refractivity contribution in [1.82, 2.24) is 0 Å². The second-order valence-corrected chi connectivity index (χ2v) is 6.45. The van der Waals surface area contributed by atoms with E-state index in [9.17, 15) is 9.90 Å². The average Bonchev–Trinajstić information content (AvgIpc) is 2.72. The number of aromatic carboxylic acids is 1. The first-order chi connectivity index (χ1) is 14.1. The lowest BCUT2D eigenvalue weighted by Gasteiger charge is -2.17. The SMILES string of the molecule is COc1ccc(-c2cc(C(=O)O)cc(-c3ccccc3)[o+]2)cc1OC.[O-][Cl+3]([O-])([O-])[O-]. The zero-order valence-electron chi connectivity index (χ0n) is 15.9. The summed E-state index contributed by atoms with van der Waals surface area (Å²) < 4.78 is 50.5. The largest absolute Gasteiger partial charge is 0.493 e. The first-order valence-corrected chi connectivity index (χ1v) is 9.47. The number of hydrogen-bond acceptors (Lipinski definition) is 7. The Morgan fingerprint density at radius 3 is 1.87 bits per heavy atom. The van der Waals surface area contributed by atoms with Gasteiger partial charge < -0.3 is 14.6 Å². The van der Waals surface area contributed by atoms with Gasteiger partial charge in [-0.1, -0.05) is 18.2 Å². The van der Waals surface area contributed by atoms with Crippen LogP contribution < -0.4 is 28.1 Å².